The first-order chi connectivity index (χ1) is 37.5. The SMILES string of the molecule is CCCCCCCCCCCCCCCC(=O)OCCCCCCCCCCC/C=C\C/C=C\CCCCCCCCCCCCCCCCCCCC(=O)NC(CO)C(O)CCCCCCCCCCCCCCC. The van der Waals surface area contributed by atoms with Gasteiger partial charge in [0.2, 0.25) is 5.91 Å². The van der Waals surface area contributed by atoms with Gasteiger partial charge in [-0.25, -0.2) is 0 Å². The lowest BCUT2D eigenvalue weighted by atomic mass is 10.0. The Morgan fingerprint density at radius 1 is 0.368 bits per heavy atom. The van der Waals surface area contributed by atoms with E-state index in [-0.39, 0.29) is 18.5 Å². The van der Waals surface area contributed by atoms with Crippen LogP contribution < -0.4 is 5.32 Å². The molecule has 0 radical (unpaired) electrons. The normalized spacial score (nSPS) is 12.6. The number of carbonyl (C=O) groups is 2. The summed E-state index contributed by atoms with van der Waals surface area (Å²) in [7, 11) is 0. The van der Waals surface area contributed by atoms with Crippen molar-refractivity contribution in [3.8, 4) is 0 Å². The summed E-state index contributed by atoms with van der Waals surface area (Å²) in [5.74, 6) is -0.0149. The van der Waals surface area contributed by atoms with E-state index in [4.69, 9.17) is 4.74 Å². The minimum absolute atomic E-state index is 0.0162. The molecule has 6 nitrogen and oxygen atoms in total. The van der Waals surface area contributed by atoms with Gasteiger partial charge in [0.25, 0.3) is 0 Å². The summed E-state index contributed by atoms with van der Waals surface area (Å²) in [6.45, 7) is 4.98. The smallest absolute Gasteiger partial charge is 0.305 e. The molecule has 0 bridgehead atoms. The number of unbranched alkanes of at least 4 members (excludes halogenated alkanes) is 50. The highest BCUT2D eigenvalue weighted by atomic mass is 16.5. The van der Waals surface area contributed by atoms with E-state index in [0.29, 0.717) is 25.9 Å². The van der Waals surface area contributed by atoms with E-state index in [1.165, 1.54) is 308 Å². The van der Waals surface area contributed by atoms with Crippen molar-refractivity contribution < 1.29 is 24.5 Å². The lowest BCUT2D eigenvalue weighted by molar-refractivity contribution is -0.143. The maximum Gasteiger partial charge on any atom is 0.305 e. The van der Waals surface area contributed by atoms with E-state index >= 15 is 0 Å². The van der Waals surface area contributed by atoms with E-state index in [1.54, 1.807) is 0 Å². The van der Waals surface area contributed by atoms with Gasteiger partial charge in [-0.15, -0.1) is 0 Å². The minimum Gasteiger partial charge on any atom is -0.466 e. The summed E-state index contributed by atoms with van der Waals surface area (Å²) in [6.07, 6.45) is 82.3. The zero-order chi connectivity index (χ0) is 55.0. The van der Waals surface area contributed by atoms with Crippen LogP contribution in [0.25, 0.3) is 0 Å². The highest BCUT2D eigenvalue weighted by Gasteiger charge is 2.20. The number of nitrogens with one attached hydrogen (secondary N) is 1. The third-order valence-corrected chi connectivity index (χ3v) is 16.3. The molecule has 2 unspecified atom stereocenters. The molecule has 0 aromatic carbocycles. The standard InChI is InChI=1S/C70H135NO5/c1-3-5-7-9-11-13-15-38-42-46-50-54-58-62-68(73)67(66-72)71-69(74)63-59-55-51-47-43-40-36-34-32-30-28-26-24-22-20-18-17-19-21-23-25-27-29-31-33-35-37-41-45-49-53-57-61-65-76-70(75)64-60-56-52-48-44-39-16-14-12-10-8-6-4-2/h21,23,27,29,67-68,72-73H,3-20,22,24-26,28,30-66H2,1-2H3,(H,71,74)/b23-21-,29-27-. The molecule has 0 aliphatic rings. The monoisotopic (exact) mass is 1070 g/mol. The summed E-state index contributed by atoms with van der Waals surface area (Å²) in [6, 6.07) is -0.539. The summed E-state index contributed by atoms with van der Waals surface area (Å²) in [5, 5.41) is 23.3. The molecule has 0 saturated carbocycles. The fourth-order valence-electron chi connectivity index (χ4n) is 11.0. The summed E-state index contributed by atoms with van der Waals surface area (Å²) in [5.41, 5.74) is 0. The molecule has 0 heterocycles. The average Bonchev–Trinajstić information content (AvgIpc) is 3.42. The molecule has 1 amide bonds. The Morgan fingerprint density at radius 2 is 0.658 bits per heavy atom. The lowest BCUT2D eigenvalue weighted by Gasteiger charge is -2.22. The number of carbonyl (C=O) groups excluding carboxylic acids is 2. The zero-order valence-electron chi connectivity index (χ0n) is 51.5. The van der Waals surface area contributed by atoms with Crippen LogP contribution in [0.1, 0.15) is 386 Å². The molecule has 0 spiro atoms. The lowest BCUT2D eigenvalue weighted by Crippen LogP contribution is -2.45. The Balaban J connectivity index is 3.36. The summed E-state index contributed by atoms with van der Waals surface area (Å²) in [4.78, 5) is 24.5. The van der Waals surface area contributed by atoms with Crippen molar-refractivity contribution in [1.29, 1.82) is 0 Å². The number of allylic oxidation sites excluding steroid dienone is 4. The molecule has 2 atom stereocenters. The van der Waals surface area contributed by atoms with Crippen LogP contribution in [-0.2, 0) is 14.3 Å². The largest absolute Gasteiger partial charge is 0.466 e. The van der Waals surface area contributed by atoms with Crippen LogP contribution in [0.4, 0.5) is 0 Å². The van der Waals surface area contributed by atoms with Gasteiger partial charge in [-0.2, -0.15) is 0 Å². The second-order valence-electron chi connectivity index (χ2n) is 23.9. The van der Waals surface area contributed by atoms with Crippen LogP contribution >= 0.6 is 0 Å². The molecule has 0 fully saturated rings. The first kappa shape index (κ1) is 74.3. The summed E-state index contributed by atoms with van der Waals surface area (Å²) >= 11 is 0. The Hall–Kier alpha value is -1.66. The Morgan fingerprint density at radius 3 is 1.00 bits per heavy atom. The minimum atomic E-state index is -0.662. The molecule has 0 saturated heterocycles. The molecule has 0 aliphatic heterocycles. The van der Waals surface area contributed by atoms with Crippen LogP contribution in [0.5, 0.6) is 0 Å². The van der Waals surface area contributed by atoms with E-state index in [0.717, 1.165) is 44.9 Å². The van der Waals surface area contributed by atoms with Crippen molar-refractivity contribution >= 4 is 11.9 Å². The topological polar surface area (TPSA) is 95.9 Å². The summed E-state index contributed by atoms with van der Waals surface area (Å²) < 4.78 is 5.48. The molecule has 450 valence electrons. The van der Waals surface area contributed by atoms with Crippen molar-refractivity contribution in [2.75, 3.05) is 13.2 Å². The number of aliphatic hydroxyl groups excluding tert-OH is 2. The number of amides is 1. The predicted octanol–water partition coefficient (Wildman–Crippen LogP) is 22.1. The van der Waals surface area contributed by atoms with Crippen molar-refractivity contribution in [3.63, 3.8) is 0 Å². The van der Waals surface area contributed by atoms with Gasteiger partial charge >= 0.3 is 5.97 Å². The van der Waals surface area contributed by atoms with Crippen molar-refractivity contribution in [2.45, 2.75) is 398 Å². The van der Waals surface area contributed by atoms with Crippen LogP contribution in [0.3, 0.4) is 0 Å². The first-order valence-electron chi connectivity index (χ1n) is 34.6. The molecule has 6 heteroatoms. The fraction of sp³-hybridized carbons (Fsp3) is 0.914. The van der Waals surface area contributed by atoms with Gasteiger partial charge in [-0.3, -0.25) is 9.59 Å². The highest BCUT2D eigenvalue weighted by Crippen LogP contribution is 2.19. The average molecular weight is 1070 g/mol. The second-order valence-corrected chi connectivity index (χ2v) is 23.9. The van der Waals surface area contributed by atoms with Gasteiger partial charge in [-0.05, 0) is 57.8 Å². The number of hydrogen-bond acceptors (Lipinski definition) is 5. The van der Waals surface area contributed by atoms with Gasteiger partial charge in [-0.1, -0.05) is 340 Å². The first-order valence-corrected chi connectivity index (χ1v) is 34.6. The second kappa shape index (κ2) is 65.9. The molecule has 0 aromatic heterocycles. The number of rotatable bonds is 65. The Kier molecular flexibility index (Phi) is 64.4. The van der Waals surface area contributed by atoms with E-state index in [2.05, 4.69) is 43.5 Å². The van der Waals surface area contributed by atoms with E-state index in [1.807, 2.05) is 0 Å². The van der Waals surface area contributed by atoms with Gasteiger partial charge < -0.3 is 20.3 Å². The fourth-order valence-corrected chi connectivity index (χ4v) is 11.0. The van der Waals surface area contributed by atoms with Crippen LogP contribution in [0.2, 0.25) is 0 Å². The van der Waals surface area contributed by atoms with Gasteiger partial charge in [0.1, 0.15) is 0 Å². The van der Waals surface area contributed by atoms with Crippen LogP contribution in [-0.4, -0.2) is 47.4 Å². The third-order valence-electron chi connectivity index (χ3n) is 16.3. The van der Waals surface area contributed by atoms with Crippen LogP contribution in [0, 0.1) is 0 Å². The number of esters is 1. The van der Waals surface area contributed by atoms with Gasteiger partial charge in [0.05, 0.1) is 25.4 Å². The highest BCUT2D eigenvalue weighted by molar-refractivity contribution is 5.76. The Labute approximate surface area is 475 Å². The van der Waals surface area contributed by atoms with E-state index in [9.17, 15) is 19.8 Å². The molecule has 0 aromatic rings. The zero-order valence-corrected chi connectivity index (χ0v) is 51.5. The van der Waals surface area contributed by atoms with Crippen molar-refractivity contribution in [2.24, 2.45) is 0 Å². The van der Waals surface area contributed by atoms with Crippen LogP contribution in [0.15, 0.2) is 24.3 Å². The quantitative estimate of drug-likeness (QED) is 0.0320. The molecule has 0 rings (SSSR count). The molecule has 76 heavy (non-hydrogen) atoms. The Bertz CT molecular complexity index is 1190. The molecule has 0 aliphatic carbocycles. The van der Waals surface area contributed by atoms with Gasteiger partial charge in [0, 0.05) is 12.8 Å². The molecule has 3 N–H and O–H groups in total. The maximum atomic E-state index is 12.5. The predicted molar refractivity (Wildman–Crippen MR) is 333 cm³/mol. The molecular weight excluding hydrogens is 935 g/mol. The number of aliphatic hydroxyl groups is 2. The number of ether oxygens (including phenoxy) is 1. The van der Waals surface area contributed by atoms with Crippen molar-refractivity contribution in [3.05, 3.63) is 24.3 Å². The van der Waals surface area contributed by atoms with Gasteiger partial charge in [0.15, 0.2) is 0 Å². The maximum absolute atomic E-state index is 12.5. The third kappa shape index (κ3) is 61.6. The van der Waals surface area contributed by atoms with Crippen molar-refractivity contribution in [1.82, 2.24) is 5.32 Å². The number of hydrogen-bond donors (Lipinski definition) is 3. The van der Waals surface area contributed by atoms with E-state index < -0.39 is 12.1 Å². The molecular formula is C70H135NO5.